The average molecular weight is 282 g/mol. The Bertz CT molecular complexity index is 650. The molecule has 1 aromatic heterocycles. The molecule has 0 radical (unpaired) electrons. The maximum Gasteiger partial charge on any atom is 0.248 e. The molecule has 2 aromatic rings. The molecule has 1 heterocycles. The molecule has 3 rings (SSSR count). The summed E-state index contributed by atoms with van der Waals surface area (Å²) in [5, 5.41) is 0. The third-order valence-electron chi connectivity index (χ3n) is 3.64. The van der Waals surface area contributed by atoms with Crippen molar-refractivity contribution in [1.82, 2.24) is 4.98 Å². The van der Waals surface area contributed by atoms with Crippen molar-refractivity contribution < 1.29 is 4.79 Å². The molecule has 1 amide bonds. The lowest BCUT2D eigenvalue weighted by molar-refractivity contribution is 0.1000. The molecule has 0 spiro atoms. The van der Waals surface area contributed by atoms with Gasteiger partial charge in [-0.2, -0.15) is 0 Å². The number of nitrogens with two attached hydrogens (primary N) is 2. The Balaban J connectivity index is 1.86. The summed E-state index contributed by atoms with van der Waals surface area (Å²) in [5.74, 6) is 0.368. The minimum absolute atomic E-state index is 0.429. The summed E-state index contributed by atoms with van der Waals surface area (Å²) in [7, 11) is 0. The van der Waals surface area contributed by atoms with Crippen LogP contribution < -0.4 is 16.4 Å². The lowest BCUT2D eigenvalue weighted by Crippen LogP contribution is -2.26. The number of rotatable bonds is 5. The van der Waals surface area contributed by atoms with Crippen LogP contribution in [0.25, 0.3) is 0 Å². The Kier molecular flexibility index (Phi) is 3.48. The normalized spacial score (nSPS) is 13.9. The summed E-state index contributed by atoms with van der Waals surface area (Å²) >= 11 is 0. The van der Waals surface area contributed by atoms with Crippen molar-refractivity contribution in [2.75, 3.05) is 10.6 Å². The van der Waals surface area contributed by atoms with Crippen molar-refractivity contribution in [2.24, 2.45) is 5.73 Å². The van der Waals surface area contributed by atoms with Gasteiger partial charge in [-0.3, -0.25) is 4.79 Å². The summed E-state index contributed by atoms with van der Waals surface area (Å²) in [6.07, 6.45) is 3.93. The first kappa shape index (κ1) is 13.4. The number of amides is 1. The fourth-order valence-electron chi connectivity index (χ4n) is 2.33. The summed E-state index contributed by atoms with van der Waals surface area (Å²) in [4.78, 5) is 17.9. The fourth-order valence-corrected chi connectivity index (χ4v) is 2.33. The van der Waals surface area contributed by atoms with Gasteiger partial charge in [0.25, 0.3) is 0 Å². The van der Waals surface area contributed by atoms with Crippen LogP contribution in [0.1, 0.15) is 28.8 Å². The highest BCUT2D eigenvalue weighted by Crippen LogP contribution is 2.32. The number of pyridine rings is 1. The molecule has 21 heavy (non-hydrogen) atoms. The number of carbonyl (C=O) groups is 1. The lowest BCUT2D eigenvalue weighted by Gasteiger charge is -2.24. The number of hydrogen-bond acceptors (Lipinski definition) is 4. The van der Waals surface area contributed by atoms with E-state index < -0.39 is 5.91 Å². The predicted octanol–water partition coefficient (Wildman–Crippen LogP) is 1.93. The molecule has 0 unspecified atom stereocenters. The Morgan fingerprint density at radius 2 is 1.95 bits per heavy atom. The molecular weight excluding hydrogens is 264 g/mol. The van der Waals surface area contributed by atoms with Crippen LogP contribution in [0.4, 0.5) is 11.5 Å². The Hall–Kier alpha value is -2.56. The van der Waals surface area contributed by atoms with Gasteiger partial charge in [0.2, 0.25) is 5.91 Å². The number of hydrogen-bond donors (Lipinski definition) is 2. The van der Waals surface area contributed by atoms with Gasteiger partial charge in [-0.15, -0.1) is 0 Å². The SMILES string of the molecule is NC(=O)c1ccnc(N(Cc2ccc(N)cc2)C2CC2)c1. The summed E-state index contributed by atoms with van der Waals surface area (Å²) < 4.78 is 0. The van der Waals surface area contributed by atoms with E-state index in [1.165, 1.54) is 5.56 Å². The number of nitrogens with zero attached hydrogens (tertiary/aromatic N) is 2. The van der Waals surface area contributed by atoms with Gasteiger partial charge in [0.1, 0.15) is 5.82 Å². The van der Waals surface area contributed by atoms with Crippen LogP contribution in [-0.4, -0.2) is 16.9 Å². The Morgan fingerprint density at radius 3 is 2.57 bits per heavy atom. The fraction of sp³-hybridized carbons (Fsp3) is 0.250. The van der Waals surface area contributed by atoms with Crippen molar-refractivity contribution in [1.29, 1.82) is 0 Å². The minimum atomic E-state index is -0.429. The van der Waals surface area contributed by atoms with E-state index in [0.717, 1.165) is 30.9 Å². The van der Waals surface area contributed by atoms with Crippen molar-refractivity contribution >= 4 is 17.4 Å². The van der Waals surface area contributed by atoms with E-state index in [1.54, 1.807) is 18.3 Å². The monoisotopic (exact) mass is 282 g/mol. The van der Waals surface area contributed by atoms with Crippen molar-refractivity contribution in [3.05, 3.63) is 53.7 Å². The van der Waals surface area contributed by atoms with E-state index in [-0.39, 0.29) is 0 Å². The van der Waals surface area contributed by atoms with E-state index in [2.05, 4.69) is 9.88 Å². The van der Waals surface area contributed by atoms with E-state index >= 15 is 0 Å². The second-order valence-electron chi connectivity index (χ2n) is 5.37. The second-order valence-corrected chi connectivity index (χ2v) is 5.37. The van der Waals surface area contributed by atoms with E-state index in [4.69, 9.17) is 11.5 Å². The second kappa shape index (κ2) is 5.44. The molecule has 5 heteroatoms. The minimum Gasteiger partial charge on any atom is -0.399 e. The van der Waals surface area contributed by atoms with Gasteiger partial charge in [-0.25, -0.2) is 4.98 Å². The van der Waals surface area contributed by atoms with E-state index in [0.29, 0.717) is 11.6 Å². The summed E-state index contributed by atoms with van der Waals surface area (Å²) in [6, 6.07) is 11.7. The zero-order valence-electron chi connectivity index (χ0n) is 11.7. The molecule has 0 aliphatic heterocycles. The molecule has 108 valence electrons. The number of benzene rings is 1. The first-order valence-corrected chi connectivity index (χ1v) is 7.00. The smallest absolute Gasteiger partial charge is 0.248 e. The number of nitrogen functional groups attached to an aromatic ring is 1. The van der Waals surface area contributed by atoms with Gasteiger partial charge < -0.3 is 16.4 Å². The molecule has 0 bridgehead atoms. The van der Waals surface area contributed by atoms with Gasteiger partial charge in [-0.1, -0.05) is 12.1 Å². The highest BCUT2D eigenvalue weighted by atomic mass is 16.1. The van der Waals surface area contributed by atoms with Gasteiger partial charge >= 0.3 is 0 Å². The number of carbonyl (C=O) groups excluding carboxylic acids is 1. The van der Waals surface area contributed by atoms with Gasteiger partial charge in [0.05, 0.1) is 0 Å². The van der Waals surface area contributed by atoms with E-state index in [9.17, 15) is 4.79 Å². The average Bonchev–Trinajstić information content (AvgIpc) is 3.31. The lowest BCUT2D eigenvalue weighted by atomic mass is 10.2. The van der Waals surface area contributed by atoms with Crippen LogP contribution in [0.5, 0.6) is 0 Å². The number of anilines is 2. The first-order chi connectivity index (χ1) is 10.1. The van der Waals surface area contributed by atoms with Gasteiger partial charge in [-0.05, 0) is 42.7 Å². The Morgan fingerprint density at radius 1 is 1.24 bits per heavy atom. The highest BCUT2D eigenvalue weighted by Gasteiger charge is 2.30. The van der Waals surface area contributed by atoms with Crippen LogP contribution in [0.2, 0.25) is 0 Å². The Labute approximate surface area is 123 Å². The van der Waals surface area contributed by atoms with Gasteiger partial charge in [0, 0.05) is 30.0 Å². The van der Waals surface area contributed by atoms with Crippen LogP contribution >= 0.6 is 0 Å². The third-order valence-corrected chi connectivity index (χ3v) is 3.64. The summed E-state index contributed by atoms with van der Waals surface area (Å²) in [6.45, 7) is 0.750. The van der Waals surface area contributed by atoms with Crippen LogP contribution in [0.3, 0.4) is 0 Å². The molecule has 0 atom stereocenters. The number of primary amides is 1. The van der Waals surface area contributed by atoms with Crippen molar-refractivity contribution in [3.8, 4) is 0 Å². The van der Waals surface area contributed by atoms with Crippen LogP contribution in [0, 0.1) is 0 Å². The standard InChI is InChI=1S/C16H18N4O/c17-13-3-1-11(2-4-13)10-20(14-5-6-14)15-9-12(16(18)21)7-8-19-15/h1-4,7-9,14H,5-6,10,17H2,(H2,18,21). The quantitative estimate of drug-likeness (QED) is 0.821. The van der Waals surface area contributed by atoms with Crippen molar-refractivity contribution in [3.63, 3.8) is 0 Å². The number of aromatic nitrogens is 1. The largest absolute Gasteiger partial charge is 0.399 e. The van der Waals surface area contributed by atoms with Crippen molar-refractivity contribution in [2.45, 2.75) is 25.4 Å². The van der Waals surface area contributed by atoms with Crippen LogP contribution in [-0.2, 0) is 6.54 Å². The molecular formula is C16H18N4O. The van der Waals surface area contributed by atoms with E-state index in [1.807, 2.05) is 24.3 Å². The topological polar surface area (TPSA) is 85.2 Å². The zero-order chi connectivity index (χ0) is 14.8. The molecule has 1 saturated carbocycles. The summed E-state index contributed by atoms with van der Waals surface area (Å²) in [5.41, 5.74) is 13.5. The highest BCUT2D eigenvalue weighted by molar-refractivity contribution is 5.93. The zero-order valence-corrected chi connectivity index (χ0v) is 11.7. The predicted molar refractivity (Wildman–Crippen MR) is 82.8 cm³/mol. The molecule has 1 aliphatic carbocycles. The molecule has 1 aromatic carbocycles. The molecule has 0 saturated heterocycles. The maximum absolute atomic E-state index is 11.3. The maximum atomic E-state index is 11.3. The molecule has 1 aliphatic rings. The van der Waals surface area contributed by atoms with Crippen LogP contribution in [0.15, 0.2) is 42.6 Å². The third kappa shape index (κ3) is 3.13. The molecule has 1 fully saturated rings. The molecule has 4 N–H and O–H groups in total. The first-order valence-electron chi connectivity index (χ1n) is 7.00. The van der Waals surface area contributed by atoms with Gasteiger partial charge in [0.15, 0.2) is 0 Å². The molecule has 5 nitrogen and oxygen atoms in total.